The van der Waals surface area contributed by atoms with E-state index in [0.717, 1.165) is 24.6 Å². The fourth-order valence-electron chi connectivity index (χ4n) is 2.72. The van der Waals surface area contributed by atoms with Crippen LogP contribution >= 0.6 is 11.8 Å². The Bertz CT molecular complexity index is 1060. The Morgan fingerprint density at radius 1 is 1.25 bits per heavy atom. The first-order chi connectivity index (χ1) is 13.3. The van der Waals surface area contributed by atoms with Crippen LogP contribution < -0.4 is 10.9 Å². The van der Waals surface area contributed by atoms with Gasteiger partial charge in [0.1, 0.15) is 6.54 Å². The van der Waals surface area contributed by atoms with Crippen LogP contribution in [-0.4, -0.2) is 43.5 Å². The number of aryl methyl sites for hydroxylation is 1. The predicted octanol–water partition coefficient (Wildman–Crippen LogP) is 2.61. The van der Waals surface area contributed by atoms with E-state index in [9.17, 15) is 22.8 Å². The molecule has 0 radical (unpaired) electrons. The lowest BCUT2D eigenvalue weighted by molar-refractivity contribution is -0.136. The number of aromatic nitrogens is 4. The molecule has 0 unspecified atom stereocenters. The predicted molar refractivity (Wildman–Crippen MR) is 99.4 cm³/mol. The zero-order valence-corrected chi connectivity index (χ0v) is 15.8. The third kappa shape index (κ3) is 4.29. The molecular weight excluding hydrogens is 395 g/mol. The van der Waals surface area contributed by atoms with Crippen molar-refractivity contribution >= 4 is 34.3 Å². The van der Waals surface area contributed by atoms with E-state index in [-0.39, 0.29) is 11.3 Å². The van der Waals surface area contributed by atoms with Gasteiger partial charge in [0.05, 0.1) is 16.7 Å². The van der Waals surface area contributed by atoms with Crippen LogP contribution in [0.5, 0.6) is 0 Å². The molecule has 2 aromatic heterocycles. The zero-order chi connectivity index (χ0) is 20.3. The smallest absolute Gasteiger partial charge is 0.346 e. The normalized spacial score (nSPS) is 12.0. The minimum atomic E-state index is -4.46. The first-order valence-corrected chi connectivity index (χ1v) is 9.63. The summed E-state index contributed by atoms with van der Waals surface area (Å²) >= 11 is 0.963. The quantitative estimate of drug-likeness (QED) is 0.603. The number of para-hydroxylation sites is 1. The van der Waals surface area contributed by atoms with Crippen molar-refractivity contribution in [3.05, 3.63) is 34.6 Å². The van der Waals surface area contributed by atoms with Gasteiger partial charge in [-0.1, -0.05) is 37.2 Å². The van der Waals surface area contributed by atoms with E-state index >= 15 is 0 Å². The molecule has 0 bridgehead atoms. The van der Waals surface area contributed by atoms with Crippen LogP contribution in [0.15, 0.2) is 34.2 Å². The van der Waals surface area contributed by atoms with Crippen molar-refractivity contribution in [2.24, 2.45) is 0 Å². The molecule has 0 aliphatic heterocycles. The Balaban J connectivity index is 1.95. The molecule has 0 atom stereocenters. The number of fused-ring (bicyclic) bond motifs is 3. The molecule has 0 spiro atoms. The number of nitrogens with zero attached hydrogens (tertiary/aromatic N) is 4. The molecule has 1 aromatic carbocycles. The maximum absolute atomic E-state index is 12.8. The molecule has 0 fully saturated rings. The summed E-state index contributed by atoms with van der Waals surface area (Å²) in [6, 6.07) is 6.96. The minimum Gasteiger partial charge on any atom is -0.346 e. The first kappa shape index (κ1) is 20.2. The second-order valence-electron chi connectivity index (χ2n) is 6.13. The Labute approximate surface area is 161 Å². The van der Waals surface area contributed by atoms with E-state index in [1.54, 1.807) is 28.7 Å². The molecule has 2 heterocycles. The SMILES string of the molecule is CCCCn1c(=O)c2ccccc2n2c(SCC(=O)NCC(F)(F)F)nnc12. The summed E-state index contributed by atoms with van der Waals surface area (Å²) in [7, 11) is 0. The highest BCUT2D eigenvalue weighted by molar-refractivity contribution is 7.99. The number of hydrogen-bond donors (Lipinski definition) is 1. The lowest BCUT2D eigenvalue weighted by Gasteiger charge is -2.11. The third-order valence-corrected chi connectivity index (χ3v) is 4.96. The number of carbonyl (C=O) groups excluding carboxylic acids is 1. The molecule has 11 heteroatoms. The number of unbranched alkanes of at least 4 members (excludes halogenated alkanes) is 1. The molecular formula is C17H18F3N5O2S. The molecule has 1 amide bonds. The number of benzene rings is 1. The Hall–Kier alpha value is -2.56. The van der Waals surface area contributed by atoms with Gasteiger partial charge in [0.2, 0.25) is 11.7 Å². The fourth-order valence-corrected chi connectivity index (χ4v) is 3.49. The number of thioether (sulfide) groups is 1. The molecule has 0 saturated heterocycles. The Morgan fingerprint density at radius 3 is 2.71 bits per heavy atom. The monoisotopic (exact) mass is 413 g/mol. The van der Waals surface area contributed by atoms with Crippen LogP contribution in [0.3, 0.4) is 0 Å². The molecule has 28 heavy (non-hydrogen) atoms. The maximum Gasteiger partial charge on any atom is 0.405 e. The van der Waals surface area contributed by atoms with Crippen molar-refractivity contribution in [1.82, 2.24) is 24.5 Å². The summed E-state index contributed by atoms with van der Waals surface area (Å²) < 4.78 is 39.8. The van der Waals surface area contributed by atoms with Crippen LogP contribution in [0.25, 0.3) is 16.7 Å². The largest absolute Gasteiger partial charge is 0.405 e. The summed E-state index contributed by atoms with van der Waals surface area (Å²) in [6.45, 7) is 1.10. The van der Waals surface area contributed by atoms with Crippen LogP contribution in [0.1, 0.15) is 19.8 Å². The second kappa shape index (κ2) is 8.21. The molecule has 0 aliphatic rings. The maximum atomic E-state index is 12.8. The average molecular weight is 413 g/mol. The zero-order valence-electron chi connectivity index (χ0n) is 15.0. The lowest BCUT2D eigenvalue weighted by atomic mass is 10.2. The third-order valence-electron chi connectivity index (χ3n) is 4.03. The van der Waals surface area contributed by atoms with E-state index in [0.29, 0.717) is 28.4 Å². The summed E-state index contributed by atoms with van der Waals surface area (Å²) in [5.41, 5.74) is 0.405. The van der Waals surface area contributed by atoms with Gasteiger partial charge < -0.3 is 5.32 Å². The van der Waals surface area contributed by atoms with Gasteiger partial charge in [-0.25, -0.2) is 0 Å². The van der Waals surface area contributed by atoms with Gasteiger partial charge in [0, 0.05) is 6.54 Å². The lowest BCUT2D eigenvalue weighted by Crippen LogP contribution is -2.34. The van der Waals surface area contributed by atoms with Gasteiger partial charge in [-0.05, 0) is 18.6 Å². The van der Waals surface area contributed by atoms with Crippen molar-refractivity contribution in [2.45, 2.75) is 37.6 Å². The molecule has 3 aromatic rings. The van der Waals surface area contributed by atoms with E-state index in [4.69, 9.17) is 0 Å². The van der Waals surface area contributed by atoms with Gasteiger partial charge in [-0.3, -0.25) is 18.6 Å². The highest BCUT2D eigenvalue weighted by Crippen LogP contribution is 2.22. The second-order valence-corrected chi connectivity index (χ2v) is 7.07. The molecule has 3 rings (SSSR count). The number of halogens is 3. The van der Waals surface area contributed by atoms with Gasteiger partial charge in [0.25, 0.3) is 5.56 Å². The van der Waals surface area contributed by atoms with Crippen molar-refractivity contribution in [2.75, 3.05) is 12.3 Å². The minimum absolute atomic E-state index is 0.177. The molecule has 7 nitrogen and oxygen atoms in total. The van der Waals surface area contributed by atoms with Gasteiger partial charge in [-0.15, -0.1) is 10.2 Å². The van der Waals surface area contributed by atoms with E-state index < -0.39 is 18.6 Å². The molecule has 1 N–H and O–H groups in total. The molecule has 0 saturated carbocycles. The van der Waals surface area contributed by atoms with Crippen molar-refractivity contribution in [1.29, 1.82) is 0 Å². The standard InChI is InChI=1S/C17H18F3N5O2S/c1-2-3-8-24-14(27)11-6-4-5-7-12(11)25-15(24)22-23-16(25)28-9-13(26)21-10-17(18,19)20/h4-7H,2-3,8-10H2,1H3,(H,21,26). The van der Waals surface area contributed by atoms with Crippen LogP contribution in [0.4, 0.5) is 13.2 Å². The van der Waals surface area contributed by atoms with Crippen LogP contribution in [0, 0.1) is 0 Å². The van der Waals surface area contributed by atoms with Crippen molar-refractivity contribution in [3.8, 4) is 0 Å². The van der Waals surface area contributed by atoms with Gasteiger partial charge in [0.15, 0.2) is 5.16 Å². The molecule has 0 aliphatic carbocycles. The highest BCUT2D eigenvalue weighted by atomic mass is 32.2. The number of rotatable bonds is 7. The Kier molecular flexibility index (Phi) is 5.92. The van der Waals surface area contributed by atoms with Crippen molar-refractivity contribution < 1.29 is 18.0 Å². The highest BCUT2D eigenvalue weighted by Gasteiger charge is 2.27. The Morgan fingerprint density at radius 2 is 2.00 bits per heavy atom. The summed E-state index contributed by atoms with van der Waals surface area (Å²) in [5, 5.41) is 10.8. The van der Waals surface area contributed by atoms with Crippen LogP contribution in [-0.2, 0) is 11.3 Å². The summed E-state index contributed by atoms with van der Waals surface area (Å²) in [5.74, 6) is -0.669. The number of alkyl halides is 3. The fraction of sp³-hybridized carbons (Fsp3) is 0.412. The van der Waals surface area contributed by atoms with Gasteiger partial charge >= 0.3 is 6.18 Å². The van der Waals surface area contributed by atoms with Crippen molar-refractivity contribution in [3.63, 3.8) is 0 Å². The van der Waals surface area contributed by atoms with E-state index in [2.05, 4.69) is 10.2 Å². The molecule has 150 valence electrons. The topological polar surface area (TPSA) is 81.3 Å². The average Bonchev–Trinajstić information content (AvgIpc) is 3.08. The number of amides is 1. The van der Waals surface area contributed by atoms with Crippen LogP contribution in [0.2, 0.25) is 0 Å². The van der Waals surface area contributed by atoms with E-state index in [1.165, 1.54) is 4.57 Å². The summed E-state index contributed by atoms with van der Waals surface area (Å²) in [4.78, 5) is 24.5. The van der Waals surface area contributed by atoms with E-state index in [1.807, 2.05) is 12.2 Å². The number of nitrogens with one attached hydrogen (secondary N) is 1. The number of hydrogen-bond acceptors (Lipinski definition) is 5. The van der Waals surface area contributed by atoms with Gasteiger partial charge in [-0.2, -0.15) is 13.2 Å². The summed E-state index contributed by atoms with van der Waals surface area (Å²) in [6.07, 6.45) is -2.79. The first-order valence-electron chi connectivity index (χ1n) is 8.64. The number of carbonyl (C=O) groups is 1.